The van der Waals surface area contributed by atoms with E-state index in [2.05, 4.69) is 23.9 Å². The number of hydrogen-bond acceptors (Lipinski definition) is 8. The number of aliphatic imine (C=N–C) groups is 1. The maximum Gasteiger partial charge on any atom is 0.418 e. The van der Waals surface area contributed by atoms with Crippen LogP contribution in [0.5, 0.6) is 0 Å². The Balaban J connectivity index is 1.77. The van der Waals surface area contributed by atoms with Crippen LogP contribution in [-0.2, 0) is 14.7 Å². The second kappa shape index (κ2) is 5.81. The summed E-state index contributed by atoms with van der Waals surface area (Å²) in [5.74, 6) is -1.26. The number of hydrogen-bond donors (Lipinski definition) is 2. The second-order valence-electron chi connectivity index (χ2n) is 5.11. The van der Waals surface area contributed by atoms with Crippen LogP contribution in [-0.4, -0.2) is 69.5 Å². The first kappa shape index (κ1) is 16.3. The fourth-order valence-electron chi connectivity index (χ4n) is 2.65. The lowest BCUT2D eigenvalue weighted by atomic mass is 10.0. The molecule has 2 saturated heterocycles. The molecule has 0 radical (unpaired) electrons. The van der Waals surface area contributed by atoms with Gasteiger partial charge in [0.15, 0.2) is 0 Å². The predicted octanol–water partition coefficient (Wildman–Crippen LogP) is -1.43. The van der Waals surface area contributed by atoms with Gasteiger partial charge in [-0.05, 0) is 12.8 Å². The number of urea groups is 1. The first-order valence-electron chi connectivity index (χ1n) is 6.68. The number of fused-ring (bicyclic) bond motifs is 2. The minimum Gasteiger partial charge on any atom is -0.385 e. The number of piperidine rings is 1. The highest BCUT2D eigenvalue weighted by Gasteiger charge is 2.48. The lowest BCUT2D eigenvalue weighted by molar-refractivity contribution is -0.0316. The topological polar surface area (TPSA) is 182 Å². The Hall–Kier alpha value is -2.58. The molecule has 2 bridgehead atoms. The summed E-state index contributed by atoms with van der Waals surface area (Å²) in [6, 6.07) is -2.08. The molecule has 1 aromatic heterocycles. The fourth-order valence-corrected chi connectivity index (χ4v) is 3.03. The average Bonchev–Trinajstić information content (AvgIpc) is 3.11. The Morgan fingerprint density at radius 2 is 2.25 bits per heavy atom. The number of amidine groups is 1. The minimum atomic E-state index is -4.83. The van der Waals surface area contributed by atoms with E-state index in [1.807, 2.05) is 0 Å². The van der Waals surface area contributed by atoms with Crippen molar-refractivity contribution >= 4 is 28.2 Å². The molecule has 0 saturated carbocycles. The summed E-state index contributed by atoms with van der Waals surface area (Å²) in [6.07, 6.45) is 1.63. The number of hydroxylamine groups is 2. The number of nitrogens with two attached hydrogens (primary N) is 1. The normalized spacial score (nSPS) is 24.5. The zero-order valence-corrected chi connectivity index (χ0v) is 12.8. The maximum absolute atomic E-state index is 12.2. The molecular formula is C10H12N6O7S. The average molecular weight is 360 g/mol. The van der Waals surface area contributed by atoms with Gasteiger partial charge in [-0.15, -0.1) is 4.28 Å². The molecule has 3 heterocycles. The predicted molar refractivity (Wildman–Crippen MR) is 73.6 cm³/mol. The van der Waals surface area contributed by atoms with Crippen molar-refractivity contribution < 1.29 is 31.4 Å². The van der Waals surface area contributed by atoms with Crippen molar-refractivity contribution in [3.63, 3.8) is 0 Å². The van der Waals surface area contributed by atoms with Gasteiger partial charge in [-0.1, -0.05) is 5.16 Å². The Kier molecular flexibility index (Phi) is 3.94. The van der Waals surface area contributed by atoms with Gasteiger partial charge in [0.25, 0.3) is 5.82 Å². The summed E-state index contributed by atoms with van der Waals surface area (Å²) in [7, 11) is -4.83. The van der Waals surface area contributed by atoms with Crippen molar-refractivity contribution in [2.45, 2.75) is 24.9 Å². The standard InChI is InChI=1S/C10H12N6O7S/c11-7(13-9(17)8-12-4-22-14-8)6-2-1-5-3-15(6)10(18)16(5)23-24(19,20)21/h4-6H,1-3H2,(H2,11,13,17)(H,19,20,21). The molecule has 0 aromatic carbocycles. The van der Waals surface area contributed by atoms with Gasteiger partial charge in [-0.25, -0.2) is 4.79 Å². The first-order valence-corrected chi connectivity index (χ1v) is 8.04. The first-order chi connectivity index (χ1) is 11.3. The van der Waals surface area contributed by atoms with E-state index >= 15 is 0 Å². The molecule has 2 unspecified atom stereocenters. The molecular weight excluding hydrogens is 348 g/mol. The quantitative estimate of drug-likeness (QED) is 0.367. The highest BCUT2D eigenvalue weighted by atomic mass is 32.3. The van der Waals surface area contributed by atoms with E-state index in [-0.39, 0.29) is 18.2 Å². The van der Waals surface area contributed by atoms with E-state index in [9.17, 15) is 18.0 Å². The smallest absolute Gasteiger partial charge is 0.385 e. The molecule has 2 aliphatic heterocycles. The van der Waals surface area contributed by atoms with Gasteiger partial charge in [0, 0.05) is 6.54 Å². The molecule has 14 heteroatoms. The minimum absolute atomic E-state index is 0.117. The van der Waals surface area contributed by atoms with Crippen LogP contribution >= 0.6 is 0 Å². The molecule has 0 spiro atoms. The van der Waals surface area contributed by atoms with E-state index in [0.717, 1.165) is 6.39 Å². The molecule has 13 nitrogen and oxygen atoms in total. The lowest BCUT2D eigenvalue weighted by Crippen LogP contribution is -2.48. The monoisotopic (exact) mass is 360 g/mol. The summed E-state index contributed by atoms with van der Waals surface area (Å²) in [5, 5.41) is 3.90. The van der Waals surface area contributed by atoms with Crippen molar-refractivity contribution in [2.75, 3.05) is 6.54 Å². The van der Waals surface area contributed by atoms with Crippen LogP contribution in [0.1, 0.15) is 23.5 Å². The molecule has 2 fully saturated rings. The zero-order chi connectivity index (χ0) is 17.5. The van der Waals surface area contributed by atoms with Gasteiger partial charge in [0.2, 0.25) is 6.39 Å². The molecule has 2 atom stereocenters. The molecule has 1 aromatic rings. The van der Waals surface area contributed by atoms with Gasteiger partial charge in [0.1, 0.15) is 5.84 Å². The Morgan fingerprint density at radius 1 is 1.50 bits per heavy atom. The number of rotatable bonds is 4. The van der Waals surface area contributed by atoms with Crippen molar-refractivity contribution in [3.8, 4) is 0 Å². The Morgan fingerprint density at radius 3 is 2.88 bits per heavy atom. The Labute approximate surface area is 135 Å². The van der Waals surface area contributed by atoms with Crippen molar-refractivity contribution in [1.82, 2.24) is 20.1 Å². The molecule has 2 aliphatic rings. The van der Waals surface area contributed by atoms with Crippen molar-refractivity contribution in [1.29, 1.82) is 0 Å². The second-order valence-corrected chi connectivity index (χ2v) is 6.11. The van der Waals surface area contributed by atoms with Gasteiger partial charge in [-0.2, -0.15) is 23.5 Å². The van der Waals surface area contributed by atoms with Crippen LogP contribution in [0.25, 0.3) is 0 Å². The summed E-state index contributed by atoms with van der Waals surface area (Å²) >= 11 is 0. The van der Waals surface area contributed by atoms with Crippen LogP contribution in [0.4, 0.5) is 4.79 Å². The highest BCUT2D eigenvalue weighted by Crippen LogP contribution is 2.30. The molecule has 3 rings (SSSR count). The third-order valence-electron chi connectivity index (χ3n) is 3.62. The van der Waals surface area contributed by atoms with E-state index < -0.39 is 34.4 Å². The third-order valence-corrected chi connectivity index (χ3v) is 3.97. The Bertz CT molecular complexity index is 791. The van der Waals surface area contributed by atoms with Crippen LogP contribution in [0, 0.1) is 0 Å². The summed E-state index contributed by atoms with van der Waals surface area (Å²) in [5.41, 5.74) is 5.80. The lowest BCUT2D eigenvalue weighted by Gasteiger charge is -2.29. The molecule has 3 amide bonds. The number of nitrogens with zero attached hydrogens (tertiary/aromatic N) is 5. The highest BCUT2D eigenvalue weighted by molar-refractivity contribution is 7.80. The van der Waals surface area contributed by atoms with E-state index in [1.165, 1.54) is 4.90 Å². The summed E-state index contributed by atoms with van der Waals surface area (Å²) in [4.78, 5) is 32.4. The van der Waals surface area contributed by atoms with Crippen LogP contribution in [0.2, 0.25) is 0 Å². The molecule has 24 heavy (non-hydrogen) atoms. The van der Waals surface area contributed by atoms with Crippen molar-refractivity contribution in [2.24, 2.45) is 10.7 Å². The number of carbonyl (C=O) groups is 2. The summed E-state index contributed by atoms with van der Waals surface area (Å²) in [6.45, 7) is 0.117. The van der Waals surface area contributed by atoms with Crippen LogP contribution in [0.3, 0.4) is 0 Å². The number of aromatic nitrogens is 2. The number of amides is 3. The third kappa shape index (κ3) is 3.06. The van der Waals surface area contributed by atoms with E-state index in [4.69, 9.17) is 10.3 Å². The van der Waals surface area contributed by atoms with Crippen LogP contribution in [0.15, 0.2) is 15.9 Å². The van der Waals surface area contributed by atoms with E-state index in [0.29, 0.717) is 17.9 Å². The molecule has 0 aliphatic carbocycles. The fraction of sp³-hybridized carbons (Fsp3) is 0.500. The number of carbonyl (C=O) groups excluding carboxylic acids is 2. The van der Waals surface area contributed by atoms with Gasteiger partial charge < -0.3 is 15.2 Å². The SMILES string of the molecule is NC(=NC(=O)c1ncon1)C1CCC2CN1C(=O)N2OS(=O)(=O)O. The maximum atomic E-state index is 12.2. The molecule has 130 valence electrons. The largest absolute Gasteiger partial charge is 0.418 e. The van der Waals surface area contributed by atoms with Crippen molar-refractivity contribution in [3.05, 3.63) is 12.2 Å². The molecule has 3 N–H and O–H groups in total. The zero-order valence-electron chi connectivity index (χ0n) is 12.0. The summed E-state index contributed by atoms with van der Waals surface area (Å²) < 4.78 is 39.1. The van der Waals surface area contributed by atoms with E-state index in [1.54, 1.807) is 0 Å². The van der Waals surface area contributed by atoms with Gasteiger partial charge >= 0.3 is 22.3 Å². The van der Waals surface area contributed by atoms with Crippen LogP contribution < -0.4 is 5.73 Å². The van der Waals surface area contributed by atoms with Gasteiger partial charge in [-0.3, -0.25) is 9.35 Å². The van der Waals surface area contributed by atoms with Gasteiger partial charge in [0.05, 0.1) is 12.1 Å².